The lowest BCUT2D eigenvalue weighted by Crippen LogP contribution is -2.39. The van der Waals surface area contributed by atoms with Gasteiger partial charge in [0.1, 0.15) is 11.2 Å². The van der Waals surface area contributed by atoms with Crippen molar-refractivity contribution in [3.8, 4) is 0 Å². The molecule has 0 atom stereocenters. The second kappa shape index (κ2) is 9.66. The highest BCUT2D eigenvalue weighted by Gasteiger charge is 2.32. The fourth-order valence-electron chi connectivity index (χ4n) is 5.89. The monoisotopic (exact) mass is 473 g/mol. The third kappa shape index (κ3) is 4.42. The van der Waals surface area contributed by atoms with Crippen molar-refractivity contribution >= 4 is 23.3 Å². The van der Waals surface area contributed by atoms with E-state index in [4.69, 9.17) is 4.98 Å². The van der Waals surface area contributed by atoms with Gasteiger partial charge in [-0.3, -0.25) is 4.98 Å². The molecule has 0 bridgehead atoms. The topological polar surface area (TPSA) is 19.4 Å². The molecule has 5 rings (SSSR count). The number of hydrogen-bond acceptors (Lipinski definition) is 3. The maximum atomic E-state index is 5.01. The number of nitrogens with zero attached hydrogens (tertiary/aromatic N) is 3. The van der Waals surface area contributed by atoms with E-state index >= 15 is 0 Å². The lowest BCUT2D eigenvalue weighted by atomic mass is 10.0. The van der Waals surface area contributed by atoms with E-state index in [9.17, 15) is 0 Å². The molecule has 0 saturated carbocycles. The molecule has 0 unspecified atom stereocenters. The van der Waals surface area contributed by atoms with Gasteiger partial charge in [-0.25, -0.2) is 0 Å². The summed E-state index contributed by atoms with van der Waals surface area (Å²) >= 11 is 0. The van der Waals surface area contributed by atoms with Gasteiger partial charge in [-0.2, -0.15) is 0 Å². The summed E-state index contributed by atoms with van der Waals surface area (Å²) in [6.07, 6.45) is 4.16. The molecule has 0 N–H and O–H groups in total. The summed E-state index contributed by atoms with van der Waals surface area (Å²) in [5, 5.41) is 2.14. The molecule has 1 aromatic heterocycles. The summed E-state index contributed by atoms with van der Waals surface area (Å²) < 4.78 is 0. The summed E-state index contributed by atoms with van der Waals surface area (Å²) in [6.45, 7) is 15.1. The van der Waals surface area contributed by atoms with E-state index < -0.39 is 0 Å². The second-order valence-electron chi connectivity index (χ2n) is 10.1. The Morgan fingerprint density at radius 1 is 0.639 bits per heavy atom. The number of benzene rings is 3. The minimum absolute atomic E-state index is 0.911. The van der Waals surface area contributed by atoms with Gasteiger partial charge in [-0.15, -0.1) is 0 Å². The van der Waals surface area contributed by atoms with Crippen molar-refractivity contribution in [1.82, 2.24) is 4.98 Å². The zero-order chi connectivity index (χ0) is 25.4. The molecule has 0 spiro atoms. The van der Waals surface area contributed by atoms with Crippen molar-refractivity contribution in [3.05, 3.63) is 122 Å². The van der Waals surface area contributed by atoms with Gasteiger partial charge < -0.3 is 9.80 Å². The fraction of sp³-hybridized carbons (Fsp3) is 0.242. The van der Waals surface area contributed by atoms with Crippen LogP contribution in [0.3, 0.4) is 0 Å². The minimum atomic E-state index is 0.911. The van der Waals surface area contributed by atoms with Gasteiger partial charge in [0, 0.05) is 35.9 Å². The lowest BCUT2D eigenvalue weighted by molar-refractivity contribution is 1.01. The Morgan fingerprint density at radius 2 is 1.14 bits per heavy atom. The quantitative estimate of drug-likeness (QED) is 0.372. The van der Waals surface area contributed by atoms with Crippen LogP contribution in [0.5, 0.6) is 0 Å². The van der Waals surface area contributed by atoms with E-state index in [2.05, 4.69) is 118 Å². The molecule has 0 amide bonds. The van der Waals surface area contributed by atoms with Gasteiger partial charge in [0.05, 0.1) is 0 Å². The molecule has 1 aliphatic heterocycles. The van der Waals surface area contributed by atoms with Gasteiger partial charge in [0.2, 0.25) is 0 Å². The summed E-state index contributed by atoms with van der Waals surface area (Å²) in [7, 11) is 0. The molecule has 36 heavy (non-hydrogen) atoms. The third-order valence-electron chi connectivity index (χ3n) is 7.04. The summed E-state index contributed by atoms with van der Waals surface area (Å²) in [6, 6.07) is 23.9. The van der Waals surface area contributed by atoms with E-state index in [1.54, 1.807) is 0 Å². The van der Waals surface area contributed by atoms with Gasteiger partial charge in [-0.05, 0) is 81.5 Å². The molecular weight excluding hydrogens is 438 g/mol. The summed E-state index contributed by atoms with van der Waals surface area (Å²) in [4.78, 5) is 10.00. The Kier molecular flexibility index (Phi) is 6.40. The first-order valence-electron chi connectivity index (χ1n) is 12.8. The zero-order valence-electron chi connectivity index (χ0n) is 22.3. The molecule has 3 nitrogen and oxygen atoms in total. The standard InChI is InChI=1S/C33H35N3/c1-22-17-24(3)31(25(4)18-22)35-15-16-36(32-26(5)19-23(2)20-27(32)6)33(35)30-29(13-10-14-34-30)21-28-11-8-7-9-12-28/h7-14,17-21H,15-16H2,1-6H3. The second-order valence-corrected chi connectivity index (χ2v) is 10.1. The normalized spacial score (nSPS) is 14.2. The van der Waals surface area contributed by atoms with Crippen LogP contribution in [0.25, 0.3) is 11.9 Å². The summed E-state index contributed by atoms with van der Waals surface area (Å²) in [5.74, 6) is 1.16. The average Bonchev–Trinajstić information content (AvgIpc) is 3.22. The fourth-order valence-corrected chi connectivity index (χ4v) is 5.89. The number of aromatic nitrogens is 1. The van der Waals surface area contributed by atoms with Crippen molar-refractivity contribution in [3.63, 3.8) is 0 Å². The largest absolute Gasteiger partial charge is 0.324 e. The van der Waals surface area contributed by atoms with Gasteiger partial charge in [0.25, 0.3) is 0 Å². The van der Waals surface area contributed by atoms with Crippen LogP contribution in [0.4, 0.5) is 11.4 Å². The molecule has 1 aliphatic rings. The van der Waals surface area contributed by atoms with E-state index in [1.165, 1.54) is 50.3 Å². The van der Waals surface area contributed by atoms with Crippen molar-refractivity contribution in [2.24, 2.45) is 0 Å². The van der Waals surface area contributed by atoms with E-state index in [0.29, 0.717) is 0 Å². The third-order valence-corrected chi connectivity index (χ3v) is 7.04. The number of rotatable bonds is 3. The number of hydrogen-bond donors (Lipinski definition) is 0. The lowest BCUT2D eigenvalue weighted by Gasteiger charge is -2.29. The van der Waals surface area contributed by atoms with Crippen LogP contribution in [0.15, 0.2) is 72.9 Å². The van der Waals surface area contributed by atoms with E-state index in [0.717, 1.165) is 29.5 Å². The Bertz CT molecular complexity index is 1440. The first-order valence-corrected chi connectivity index (χ1v) is 12.8. The Balaban J connectivity index is 1.85. The molecule has 3 aromatic carbocycles. The molecule has 2 heterocycles. The van der Waals surface area contributed by atoms with E-state index in [-0.39, 0.29) is 0 Å². The van der Waals surface area contributed by atoms with Crippen molar-refractivity contribution in [1.29, 1.82) is 0 Å². The molecule has 1 saturated heterocycles. The maximum Gasteiger partial charge on any atom is 0.140 e. The van der Waals surface area contributed by atoms with Gasteiger partial charge >= 0.3 is 0 Å². The van der Waals surface area contributed by atoms with Crippen LogP contribution >= 0.6 is 0 Å². The van der Waals surface area contributed by atoms with Crippen LogP contribution in [0, 0.1) is 41.5 Å². The van der Waals surface area contributed by atoms with Crippen molar-refractivity contribution in [2.75, 3.05) is 22.9 Å². The first-order chi connectivity index (χ1) is 17.3. The molecule has 1 fully saturated rings. The summed E-state index contributed by atoms with van der Waals surface area (Å²) in [5.41, 5.74) is 11.5. The molecule has 0 radical (unpaired) electrons. The Labute approximate surface area is 215 Å². The Hall–Kier alpha value is -3.85. The van der Waals surface area contributed by atoms with Crippen LogP contribution in [0.2, 0.25) is 0 Å². The number of aryl methyl sites for hydroxylation is 6. The van der Waals surface area contributed by atoms with Crippen molar-refractivity contribution in [2.45, 2.75) is 41.5 Å². The molecular formula is C33H35N3. The molecule has 182 valence electrons. The Morgan fingerprint density at radius 3 is 1.64 bits per heavy atom. The molecule has 4 aromatic rings. The number of anilines is 2. The zero-order valence-corrected chi connectivity index (χ0v) is 22.3. The minimum Gasteiger partial charge on any atom is -0.324 e. The smallest absolute Gasteiger partial charge is 0.140 e. The first kappa shape index (κ1) is 23.9. The average molecular weight is 474 g/mol. The van der Waals surface area contributed by atoms with Crippen LogP contribution in [-0.4, -0.2) is 18.1 Å². The number of pyridine rings is 1. The SMILES string of the molecule is Cc1cc(C)c(N2CCN(c3c(C)cc(C)cc3C)C2=c2ncccc2=Cc2ccccc2)c(C)c1. The molecule has 3 heteroatoms. The highest BCUT2D eigenvalue weighted by molar-refractivity contribution is 5.86. The van der Waals surface area contributed by atoms with Crippen LogP contribution < -0.4 is 20.4 Å². The van der Waals surface area contributed by atoms with Crippen molar-refractivity contribution < 1.29 is 0 Å². The highest BCUT2D eigenvalue weighted by atomic mass is 15.4. The van der Waals surface area contributed by atoms with Crippen LogP contribution in [-0.2, 0) is 0 Å². The maximum absolute atomic E-state index is 5.01. The molecule has 0 aliphatic carbocycles. The predicted octanol–water partition coefficient (Wildman–Crippen LogP) is 5.85. The van der Waals surface area contributed by atoms with Gasteiger partial charge in [-0.1, -0.05) is 71.8 Å². The van der Waals surface area contributed by atoms with Crippen LogP contribution in [0.1, 0.15) is 38.9 Å². The van der Waals surface area contributed by atoms with E-state index in [1.807, 2.05) is 12.3 Å². The highest BCUT2D eigenvalue weighted by Crippen LogP contribution is 2.38. The van der Waals surface area contributed by atoms with Gasteiger partial charge in [0.15, 0.2) is 0 Å². The predicted molar refractivity (Wildman–Crippen MR) is 153 cm³/mol.